The molecule has 0 aliphatic carbocycles. The molecule has 0 aromatic heterocycles. The summed E-state index contributed by atoms with van der Waals surface area (Å²) in [6.45, 7) is 7.08. The zero-order valence-corrected chi connectivity index (χ0v) is 11.4. The Morgan fingerprint density at radius 3 is 2.83 bits per heavy atom. The zero-order chi connectivity index (χ0) is 13.2. The molecule has 1 unspecified atom stereocenters. The van der Waals surface area contributed by atoms with Gasteiger partial charge in [-0.1, -0.05) is 39.0 Å². The molecule has 2 N–H and O–H groups in total. The second-order valence-corrected chi connectivity index (χ2v) is 6.17. The number of rotatable bonds is 2. The van der Waals surface area contributed by atoms with Crippen LogP contribution in [0.3, 0.4) is 0 Å². The van der Waals surface area contributed by atoms with Gasteiger partial charge in [-0.2, -0.15) is 0 Å². The number of carbonyl (C=O) groups is 1. The van der Waals surface area contributed by atoms with Gasteiger partial charge >= 0.3 is 0 Å². The lowest BCUT2D eigenvalue weighted by atomic mass is 9.95. The molecule has 1 aliphatic heterocycles. The summed E-state index contributed by atoms with van der Waals surface area (Å²) in [6, 6.07) is 8.11. The van der Waals surface area contributed by atoms with E-state index in [1.807, 2.05) is 18.2 Å². The Balaban J connectivity index is 1.95. The van der Waals surface area contributed by atoms with Gasteiger partial charge < -0.3 is 10.6 Å². The average Bonchev–Trinajstić information content (AvgIpc) is 2.34. The van der Waals surface area contributed by atoms with E-state index in [1.54, 1.807) is 0 Å². The minimum atomic E-state index is -0.0951. The molecule has 0 bridgehead atoms. The molecule has 1 atom stereocenters. The molecule has 3 nitrogen and oxygen atoms in total. The maximum absolute atomic E-state index is 12.1. The van der Waals surface area contributed by atoms with E-state index < -0.39 is 0 Å². The number of hydrogen-bond acceptors (Lipinski definition) is 2. The van der Waals surface area contributed by atoms with Crippen molar-refractivity contribution in [1.82, 2.24) is 5.32 Å². The fourth-order valence-electron chi connectivity index (χ4n) is 2.11. The van der Waals surface area contributed by atoms with Gasteiger partial charge in [0, 0.05) is 12.2 Å². The molecular weight excluding hydrogens is 224 g/mol. The van der Waals surface area contributed by atoms with E-state index in [2.05, 4.69) is 37.5 Å². The molecule has 1 aromatic carbocycles. The summed E-state index contributed by atoms with van der Waals surface area (Å²) in [6.07, 6.45) is 1.84. The largest absolute Gasteiger partial charge is 0.373 e. The van der Waals surface area contributed by atoms with Crippen LogP contribution in [0.15, 0.2) is 24.3 Å². The van der Waals surface area contributed by atoms with Crippen molar-refractivity contribution in [2.75, 3.05) is 11.9 Å². The summed E-state index contributed by atoms with van der Waals surface area (Å²) in [4.78, 5) is 12.1. The van der Waals surface area contributed by atoms with E-state index in [0.717, 1.165) is 18.5 Å². The Kier molecular flexibility index (Phi) is 3.60. The molecule has 3 heteroatoms. The summed E-state index contributed by atoms with van der Waals surface area (Å²) in [5, 5.41) is 6.34. The third-order valence-corrected chi connectivity index (χ3v) is 3.16. The van der Waals surface area contributed by atoms with Crippen LogP contribution in [0.4, 0.5) is 5.69 Å². The fourth-order valence-corrected chi connectivity index (χ4v) is 2.11. The van der Waals surface area contributed by atoms with Crippen LogP contribution in [0, 0.1) is 5.41 Å². The number of hydrogen-bond donors (Lipinski definition) is 2. The van der Waals surface area contributed by atoms with E-state index in [1.165, 1.54) is 5.56 Å². The topological polar surface area (TPSA) is 41.1 Å². The summed E-state index contributed by atoms with van der Waals surface area (Å²) in [5.74, 6) is 0.111. The van der Waals surface area contributed by atoms with Crippen LogP contribution in [0.1, 0.15) is 32.8 Å². The zero-order valence-electron chi connectivity index (χ0n) is 11.4. The van der Waals surface area contributed by atoms with Crippen molar-refractivity contribution in [3.8, 4) is 0 Å². The quantitative estimate of drug-likeness (QED) is 0.842. The molecule has 1 amide bonds. The highest BCUT2D eigenvalue weighted by atomic mass is 16.2. The SMILES string of the molecule is CC(C)(C)CNC(=O)C1CCc2ccccc2N1. The number of carbonyl (C=O) groups excluding carboxylic acids is 1. The third kappa shape index (κ3) is 3.25. The monoisotopic (exact) mass is 246 g/mol. The Morgan fingerprint density at radius 2 is 2.11 bits per heavy atom. The smallest absolute Gasteiger partial charge is 0.242 e. The second kappa shape index (κ2) is 5.01. The Bertz CT molecular complexity index is 434. The third-order valence-electron chi connectivity index (χ3n) is 3.16. The summed E-state index contributed by atoms with van der Waals surface area (Å²) < 4.78 is 0. The molecule has 0 saturated carbocycles. The minimum Gasteiger partial charge on any atom is -0.373 e. The van der Waals surface area contributed by atoms with Gasteiger partial charge in [-0.3, -0.25) is 4.79 Å². The summed E-state index contributed by atoms with van der Waals surface area (Å²) >= 11 is 0. The lowest BCUT2D eigenvalue weighted by Crippen LogP contribution is -2.44. The van der Waals surface area contributed by atoms with Crippen molar-refractivity contribution in [1.29, 1.82) is 0 Å². The van der Waals surface area contributed by atoms with E-state index in [-0.39, 0.29) is 17.4 Å². The maximum Gasteiger partial charge on any atom is 0.242 e. The van der Waals surface area contributed by atoms with Crippen LogP contribution in [-0.4, -0.2) is 18.5 Å². The van der Waals surface area contributed by atoms with Crippen molar-refractivity contribution in [3.63, 3.8) is 0 Å². The van der Waals surface area contributed by atoms with Crippen molar-refractivity contribution in [3.05, 3.63) is 29.8 Å². The van der Waals surface area contributed by atoms with Gasteiger partial charge in [0.1, 0.15) is 6.04 Å². The number of benzene rings is 1. The number of aryl methyl sites for hydroxylation is 1. The van der Waals surface area contributed by atoms with Crippen molar-refractivity contribution < 1.29 is 4.79 Å². The number of nitrogens with one attached hydrogen (secondary N) is 2. The first-order valence-corrected chi connectivity index (χ1v) is 6.58. The van der Waals surface area contributed by atoms with Crippen molar-refractivity contribution in [2.24, 2.45) is 5.41 Å². The van der Waals surface area contributed by atoms with Crippen LogP contribution < -0.4 is 10.6 Å². The van der Waals surface area contributed by atoms with Crippen LogP contribution >= 0.6 is 0 Å². The molecule has 18 heavy (non-hydrogen) atoms. The Morgan fingerprint density at radius 1 is 1.39 bits per heavy atom. The van der Waals surface area contributed by atoms with E-state index in [4.69, 9.17) is 0 Å². The van der Waals surface area contributed by atoms with Crippen molar-refractivity contribution >= 4 is 11.6 Å². The lowest BCUT2D eigenvalue weighted by Gasteiger charge is -2.27. The molecule has 1 aromatic rings. The van der Waals surface area contributed by atoms with Gasteiger partial charge in [0.15, 0.2) is 0 Å². The first-order valence-electron chi connectivity index (χ1n) is 6.58. The predicted molar refractivity (Wildman–Crippen MR) is 74.6 cm³/mol. The van der Waals surface area contributed by atoms with E-state index in [9.17, 15) is 4.79 Å². The number of fused-ring (bicyclic) bond motifs is 1. The molecular formula is C15H22N2O. The van der Waals surface area contributed by atoms with Gasteiger partial charge in [-0.25, -0.2) is 0 Å². The first kappa shape index (κ1) is 12.9. The minimum absolute atomic E-state index is 0.0951. The number of amides is 1. The highest BCUT2D eigenvalue weighted by Crippen LogP contribution is 2.24. The predicted octanol–water partition coefficient (Wildman–Crippen LogP) is 2.58. The molecule has 98 valence electrons. The van der Waals surface area contributed by atoms with Crippen LogP contribution in [-0.2, 0) is 11.2 Å². The highest BCUT2D eigenvalue weighted by molar-refractivity contribution is 5.85. The van der Waals surface area contributed by atoms with E-state index >= 15 is 0 Å². The first-order chi connectivity index (χ1) is 8.46. The lowest BCUT2D eigenvalue weighted by molar-refractivity contribution is -0.122. The number of para-hydroxylation sites is 1. The van der Waals surface area contributed by atoms with Gasteiger partial charge in [-0.05, 0) is 29.9 Å². The summed E-state index contributed by atoms with van der Waals surface area (Å²) in [7, 11) is 0. The number of anilines is 1. The standard InChI is InChI=1S/C15H22N2O/c1-15(2,3)10-16-14(18)13-9-8-11-6-4-5-7-12(11)17-13/h4-7,13,17H,8-10H2,1-3H3,(H,16,18). The molecule has 2 rings (SSSR count). The Hall–Kier alpha value is -1.51. The Labute approximate surface area is 109 Å². The van der Waals surface area contributed by atoms with Crippen LogP contribution in [0.2, 0.25) is 0 Å². The van der Waals surface area contributed by atoms with Gasteiger partial charge in [0.2, 0.25) is 5.91 Å². The van der Waals surface area contributed by atoms with Crippen molar-refractivity contribution in [2.45, 2.75) is 39.7 Å². The maximum atomic E-state index is 12.1. The fraction of sp³-hybridized carbons (Fsp3) is 0.533. The highest BCUT2D eigenvalue weighted by Gasteiger charge is 2.24. The molecule has 1 aliphatic rings. The molecule has 0 spiro atoms. The summed E-state index contributed by atoms with van der Waals surface area (Å²) in [5.41, 5.74) is 2.53. The molecule has 0 saturated heterocycles. The molecule has 0 fully saturated rings. The van der Waals surface area contributed by atoms with Crippen LogP contribution in [0.5, 0.6) is 0 Å². The van der Waals surface area contributed by atoms with Gasteiger partial charge in [0.05, 0.1) is 0 Å². The average molecular weight is 246 g/mol. The second-order valence-electron chi connectivity index (χ2n) is 6.17. The van der Waals surface area contributed by atoms with E-state index in [0.29, 0.717) is 6.54 Å². The van der Waals surface area contributed by atoms with Crippen LogP contribution in [0.25, 0.3) is 0 Å². The molecule has 1 heterocycles. The van der Waals surface area contributed by atoms with Gasteiger partial charge in [0.25, 0.3) is 0 Å². The normalized spacial score (nSPS) is 18.7. The van der Waals surface area contributed by atoms with Gasteiger partial charge in [-0.15, -0.1) is 0 Å². The molecule has 0 radical (unpaired) electrons.